The molecular formula is C12H18BrNO3S. The molecule has 0 N–H and O–H groups in total. The van der Waals surface area contributed by atoms with Crippen LogP contribution in [0.1, 0.15) is 23.5 Å². The maximum Gasteiger partial charge on any atom is 0.263 e. The molecule has 0 spiro atoms. The van der Waals surface area contributed by atoms with Gasteiger partial charge in [-0.2, -0.15) is 0 Å². The summed E-state index contributed by atoms with van der Waals surface area (Å²) >= 11 is 4.74. The van der Waals surface area contributed by atoms with Gasteiger partial charge in [0.1, 0.15) is 9.54 Å². The smallest absolute Gasteiger partial charge is 0.263 e. The Balaban J connectivity index is 2.57. The lowest BCUT2D eigenvalue weighted by Gasteiger charge is -2.17. The summed E-state index contributed by atoms with van der Waals surface area (Å²) in [6.07, 6.45) is 0.185. The summed E-state index contributed by atoms with van der Waals surface area (Å²) < 4.78 is 11.4. The van der Waals surface area contributed by atoms with Gasteiger partial charge in [-0.25, -0.2) is 0 Å². The molecule has 0 fully saturated rings. The summed E-state index contributed by atoms with van der Waals surface area (Å²) in [6, 6.07) is 1.75. The van der Waals surface area contributed by atoms with Gasteiger partial charge in [-0.3, -0.25) is 4.79 Å². The Hall–Kier alpha value is -0.590. The zero-order valence-electron chi connectivity index (χ0n) is 11.0. The van der Waals surface area contributed by atoms with Crippen LogP contribution < -0.4 is 4.74 Å². The van der Waals surface area contributed by atoms with E-state index >= 15 is 0 Å². The Morgan fingerprint density at radius 2 is 2.22 bits per heavy atom. The largest absolute Gasteiger partial charge is 0.495 e. The highest BCUT2D eigenvalue weighted by Gasteiger charge is 2.17. The van der Waals surface area contributed by atoms with Crippen LogP contribution in [0, 0.1) is 0 Å². The van der Waals surface area contributed by atoms with Crippen LogP contribution in [0.25, 0.3) is 0 Å². The Labute approximate surface area is 120 Å². The Morgan fingerprint density at radius 3 is 2.72 bits per heavy atom. The molecule has 18 heavy (non-hydrogen) atoms. The van der Waals surface area contributed by atoms with Crippen molar-refractivity contribution in [1.29, 1.82) is 0 Å². The molecular weight excluding hydrogens is 318 g/mol. The van der Waals surface area contributed by atoms with Gasteiger partial charge in [-0.1, -0.05) is 0 Å². The minimum absolute atomic E-state index is 0.0173. The summed E-state index contributed by atoms with van der Waals surface area (Å²) in [5.74, 6) is 0.673. The van der Waals surface area contributed by atoms with Crippen LogP contribution in [-0.4, -0.2) is 44.2 Å². The summed E-state index contributed by atoms with van der Waals surface area (Å²) in [4.78, 5) is 14.4. The number of hydrogen-bond acceptors (Lipinski definition) is 4. The van der Waals surface area contributed by atoms with Crippen LogP contribution in [0.4, 0.5) is 0 Å². The number of likely N-dealkylation sites (N-methyl/N-ethyl adjacent to an activating group) is 1. The third kappa shape index (κ3) is 4.26. The monoisotopic (exact) mass is 335 g/mol. The lowest BCUT2D eigenvalue weighted by molar-refractivity contribution is 0.0534. The van der Waals surface area contributed by atoms with E-state index < -0.39 is 0 Å². The lowest BCUT2D eigenvalue weighted by Crippen LogP contribution is -2.30. The topological polar surface area (TPSA) is 38.8 Å². The Bertz CT molecular complexity index is 406. The zero-order valence-corrected chi connectivity index (χ0v) is 13.4. The normalized spacial score (nSPS) is 10.8. The van der Waals surface area contributed by atoms with E-state index in [1.807, 2.05) is 13.8 Å². The van der Waals surface area contributed by atoms with Crippen molar-refractivity contribution in [2.75, 3.05) is 27.3 Å². The van der Waals surface area contributed by atoms with Gasteiger partial charge in [0.2, 0.25) is 0 Å². The number of ether oxygens (including phenoxy) is 2. The molecule has 0 aliphatic carbocycles. The maximum absolute atomic E-state index is 12.1. The summed E-state index contributed by atoms with van der Waals surface area (Å²) in [6.45, 7) is 5.07. The SMILES string of the molecule is COc1cc(C(=O)N(C)CCOC(C)C)sc1Br. The maximum atomic E-state index is 12.1. The fraction of sp³-hybridized carbons (Fsp3) is 0.583. The van der Waals surface area contributed by atoms with Crippen molar-refractivity contribution in [2.45, 2.75) is 20.0 Å². The first-order valence-electron chi connectivity index (χ1n) is 5.66. The van der Waals surface area contributed by atoms with Gasteiger partial charge in [0, 0.05) is 19.7 Å². The number of rotatable bonds is 6. The van der Waals surface area contributed by atoms with Gasteiger partial charge in [-0.15, -0.1) is 11.3 Å². The van der Waals surface area contributed by atoms with E-state index in [2.05, 4.69) is 15.9 Å². The third-order valence-electron chi connectivity index (χ3n) is 2.31. The van der Waals surface area contributed by atoms with E-state index in [-0.39, 0.29) is 12.0 Å². The van der Waals surface area contributed by atoms with Crippen LogP contribution in [0.3, 0.4) is 0 Å². The van der Waals surface area contributed by atoms with Gasteiger partial charge in [0.05, 0.1) is 24.7 Å². The highest BCUT2D eigenvalue weighted by molar-refractivity contribution is 9.11. The quantitative estimate of drug-likeness (QED) is 0.802. The molecule has 0 aromatic carbocycles. The highest BCUT2D eigenvalue weighted by Crippen LogP contribution is 2.34. The van der Waals surface area contributed by atoms with Crippen LogP contribution in [0.15, 0.2) is 9.85 Å². The van der Waals surface area contributed by atoms with Gasteiger partial charge in [-0.05, 0) is 29.8 Å². The highest BCUT2D eigenvalue weighted by atomic mass is 79.9. The number of hydrogen-bond donors (Lipinski definition) is 0. The molecule has 0 atom stereocenters. The minimum atomic E-state index is -0.0173. The van der Waals surface area contributed by atoms with Crippen LogP contribution in [0.2, 0.25) is 0 Å². The zero-order chi connectivity index (χ0) is 13.7. The predicted octanol–water partition coefficient (Wildman–Crippen LogP) is 3.02. The molecule has 0 aliphatic rings. The van der Waals surface area contributed by atoms with E-state index in [0.29, 0.717) is 23.8 Å². The Kier molecular flexibility index (Phi) is 6.11. The molecule has 6 heteroatoms. The van der Waals surface area contributed by atoms with Crippen LogP contribution >= 0.6 is 27.3 Å². The molecule has 0 bridgehead atoms. The van der Waals surface area contributed by atoms with Gasteiger partial charge >= 0.3 is 0 Å². The molecule has 0 unspecified atom stereocenters. The van der Waals surface area contributed by atoms with Crippen molar-refractivity contribution >= 4 is 33.2 Å². The second-order valence-electron chi connectivity index (χ2n) is 4.10. The van der Waals surface area contributed by atoms with Crippen LogP contribution in [-0.2, 0) is 4.74 Å². The van der Waals surface area contributed by atoms with E-state index in [1.165, 1.54) is 11.3 Å². The van der Waals surface area contributed by atoms with Crippen molar-refractivity contribution in [3.63, 3.8) is 0 Å². The molecule has 1 heterocycles. The van der Waals surface area contributed by atoms with Gasteiger partial charge < -0.3 is 14.4 Å². The van der Waals surface area contributed by atoms with E-state index in [0.717, 1.165) is 3.79 Å². The summed E-state index contributed by atoms with van der Waals surface area (Å²) in [7, 11) is 3.35. The average molecular weight is 336 g/mol. The number of thiophene rings is 1. The third-order valence-corrected chi connectivity index (χ3v) is 4.08. The number of halogens is 1. The first-order chi connectivity index (χ1) is 8.45. The first-order valence-corrected chi connectivity index (χ1v) is 7.27. The molecule has 0 saturated heterocycles. The molecule has 1 amide bonds. The molecule has 102 valence electrons. The van der Waals surface area contributed by atoms with E-state index in [1.54, 1.807) is 25.1 Å². The molecule has 0 saturated carbocycles. The summed E-state index contributed by atoms with van der Waals surface area (Å²) in [5.41, 5.74) is 0. The van der Waals surface area contributed by atoms with Gasteiger partial charge in [0.15, 0.2) is 0 Å². The molecule has 4 nitrogen and oxygen atoms in total. The van der Waals surface area contributed by atoms with E-state index in [4.69, 9.17) is 9.47 Å². The van der Waals surface area contributed by atoms with Gasteiger partial charge in [0.25, 0.3) is 5.91 Å². The van der Waals surface area contributed by atoms with E-state index in [9.17, 15) is 4.79 Å². The number of nitrogens with zero attached hydrogens (tertiary/aromatic N) is 1. The first kappa shape index (κ1) is 15.5. The molecule has 0 aliphatic heterocycles. The molecule has 1 aromatic heterocycles. The number of amides is 1. The second-order valence-corrected chi connectivity index (χ2v) is 6.47. The van der Waals surface area contributed by atoms with Crippen molar-refractivity contribution < 1.29 is 14.3 Å². The molecule has 1 rings (SSSR count). The molecule has 0 radical (unpaired) electrons. The predicted molar refractivity (Wildman–Crippen MR) is 76.6 cm³/mol. The average Bonchev–Trinajstić information content (AvgIpc) is 2.68. The second kappa shape index (κ2) is 7.11. The number of methoxy groups -OCH3 is 1. The van der Waals surface area contributed by atoms with Crippen molar-refractivity contribution in [2.24, 2.45) is 0 Å². The standard InChI is InChI=1S/C12H18BrNO3S/c1-8(2)17-6-5-14(3)12(15)10-7-9(16-4)11(13)18-10/h7-8H,5-6H2,1-4H3. The lowest BCUT2D eigenvalue weighted by atomic mass is 10.4. The molecule has 1 aromatic rings. The summed E-state index contributed by atoms with van der Waals surface area (Å²) in [5, 5.41) is 0. The Morgan fingerprint density at radius 1 is 1.56 bits per heavy atom. The number of carbonyl (C=O) groups is 1. The van der Waals surface area contributed by atoms with Crippen molar-refractivity contribution in [1.82, 2.24) is 4.90 Å². The number of carbonyl (C=O) groups excluding carboxylic acids is 1. The van der Waals surface area contributed by atoms with Crippen molar-refractivity contribution in [3.8, 4) is 5.75 Å². The minimum Gasteiger partial charge on any atom is -0.495 e. The fourth-order valence-electron chi connectivity index (χ4n) is 1.31. The van der Waals surface area contributed by atoms with Crippen molar-refractivity contribution in [3.05, 3.63) is 14.7 Å². The fourth-order valence-corrected chi connectivity index (χ4v) is 2.96. The van der Waals surface area contributed by atoms with Crippen LogP contribution in [0.5, 0.6) is 5.75 Å².